The second kappa shape index (κ2) is 10.8. The maximum atomic E-state index is 12.7. The van der Waals surface area contributed by atoms with Gasteiger partial charge in [0.2, 0.25) is 10.0 Å². The van der Waals surface area contributed by atoms with E-state index in [0.29, 0.717) is 18.8 Å². The van der Waals surface area contributed by atoms with Crippen molar-refractivity contribution in [2.45, 2.75) is 37.6 Å². The van der Waals surface area contributed by atoms with Crippen LogP contribution in [0.4, 0.5) is 0 Å². The minimum absolute atomic E-state index is 0.0911. The van der Waals surface area contributed by atoms with E-state index in [2.05, 4.69) is 12.2 Å². The van der Waals surface area contributed by atoms with Crippen molar-refractivity contribution in [3.8, 4) is 5.75 Å². The number of carbonyl (C=O) groups is 1. The number of amides is 1. The molecule has 0 spiro atoms. The second-order valence-electron chi connectivity index (χ2n) is 6.56. The van der Waals surface area contributed by atoms with E-state index >= 15 is 0 Å². The van der Waals surface area contributed by atoms with Crippen molar-refractivity contribution in [3.63, 3.8) is 0 Å². The summed E-state index contributed by atoms with van der Waals surface area (Å²) in [6.07, 6.45) is 3.13. The lowest BCUT2D eigenvalue weighted by Gasteiger charge is -2.17. The fourth-order valence-corrected chi connectivity index (χ4v) is 3.77. The number of nitrogens with one attached hydrogen (secondary N) is 1. The summed E-state index contributed by atoms with van der Waals surface area (Å²) >= 11 is 0. The Labute approximate surface area is 167 Å². The first-order chi connectivity index (χ1) is 13.4. The molecule has 0 bridgehead atoms. The molecular formula is C21H28N2O4S. The van der Waals surface area contributed by atoms with Crippen LogP contribution in [0.3, 0.4) is 0 Å². The molecule has 1 amide bonds. The highest BCUT2D eigenvalue weighted by molar-refractivity contribution is 7.89. The van der Waals surface area contributed by atoms with E-state index in [1.165, 1.54) is 16.4 Å². The molecule has 0 atom stereocenters. The van der Waals surface area contributed by atoms with E-state index in [1.54, 1.807) is 19.2 Å². The molecule has 1 N–H and O–H groups in total. The van der Waals surface area contributed by atoms with Gasteiger partial charge in [-0.05, 0) is 36.2 Å². The van der Waals surface area contributed by atoms with Gasteiger partial charge in [0.25, 0.3) is 5.91 Å². The third-order valence-corrected chi connectivity index (χ3v) is 6.07. The molecule has 0 fully saturated rings. The molecule has 28 heavy (non-hydrogen) atoms. The molecule has 0 unspecified atom stereocenters. The van der Waals surface area contributed by atoms with Gasteiger partial charge in [-0.2, -0.15) is 4.31 Å². The quantitative estimate of drug-likeness (QED) is 0.584. The molecule has 6 nitrogen and oxygen atoms in total. The number of benzene rings is 2. The number of rotatable bonds is 11. The van der Waals surface area contributed by atoms with Crippen LogP contribution in [-0.2, 0) is 21.4 Å². The van der Waals surface area contributed by atoms with Gasteiger partial charge in [0.15, 0.2) is 6.61 Å². The molecule has 0 heterocycles. The first kappa shape index (κ1) is 21.9. The monoisotopic (exact) mass is 404 g/mol. The number of nitrogens with zero attached hydrogens (tertiary/aromatic N) is 1. The number of hydrogen-bond donors (Lipinski definition) is 1. The third kappa shape index (κ3) is 6.65. The Morgan fingerprint density at radius 3 is 2.36 bits per heavy atom. The lowest BCUT2D eigenvalue weighted by atomic mass is 10.2. The minimum atomic E-state index is -3.60. The summed E-state index contributed by atoms with van der Waals surface area (Å²) in [6, 6.07) is 15.5. The van der Waals surface area contributed by atoms with Crippen LogP contribution in [0.5, 0.6) is 5.75 Å². The van der Waals surface area contributed by atoms with E-state index in [9.17, 15) is 13.2 Å². The first-order valence-corrected chi connectivity index (χ1v) is 10.9. The van der Waals surface area contributed by atoms with Gasteiger partial charge < -0.3 is 10.1 Å². The maximum Gasteiger partial charge on any atom is 0.257 e. The highest BCUT2D eigenvalue weighted by atomic mass is 32.2. The molecule has 152 valence electrons. The zero-order valence-electron chi connectivity index (χ0n) is 16.4. The van der Waals surface area contributed by atoms with Crippen LogP contribution in [0.2, 0.25) is 0 Å². The molecule has 0 aromatic heterocycles. The predicted octanol–water partition coefficient (Wildman–Crippen LogP) is 3.19. The van der Waals surface area contributed by atoms with Crippen molar-refractivity contribution >= 4 is 15.9 Å². The predicted molar refractivity (Wildman–Crippen MR) is 110 cm³/mol. The van der Waals surface area contributed by atoms with Crippen LogP contribution in [0, 0.1) is 0 Å². The summed E-state index contributed by atoms with van der Waals surface area (Å²) in [5.41, 5.74) is 0.915. The largest absolute Gasteiger partial charge is 0.484 e. The standard InChI is InChI=1S/C21H28N2O4S/c1-3-4-8-15-22-21(24)17-27-19-11-13-20(14-12-19)28(25,26)23(2)16-18-9-6-5-7-10-18/h5-7,9-14H,3-4,8,15-17H2,1-2H3,(H,22,24). The molecule has 0 saturated heterocycles. The molecule has 2 aromatic carbocycles. The minimum Gasteiger partial charge on any atom is -0.484 e. The molecule has 0 radical (unpaired) electrons. The van der Waals surface area contributed by atoms with Gasteiger partial charge in [-0.3, -0.25) is 4.79 Å². The fraction of sp³-hybridized carbons (Fsp3) is 0.381. The lowest BCUT2D eigenvalue weighted by Crippen LogP contribution is -2.29. The smallest absolute Gasteiger partial charge is 0.257 e. The van der Waals surface area contributed by atoms with Gasteiger partial charge in [-0.15, -0.1) is 0 Å². The summed E-state index contributed by atoms with van der Waals surface area (Å²) in [4.78, 5) is 11.9. The van der Waals surface area contributed by atoms with Gasteiger partial charge in [0.1, 0.15) is 5.75 Å². The number of ether oxygens (including phenoxy) is 1. The number of sulfonamides is 1. The Kier molecular flexibility index (Phi) is 8.47. The molecule has 0 aliphatic rings. The molecule has 7 heteroatoms. The molecule has 2 rings (SSSR count). The van der Waals surface area contributed by atoms with Crippen molar-refractivity contribution in [2.75, 3.05) is 20.2 Å². The topological polar surface area (TPSA) is 75.7 Å². The molecule has 2 aromatic rings. The van der Waals surface area contributed by atoms with E-state index < -0.39 is 10.0 Å². The fourth-order valence-electron chi connectivity index (χ4n) is 2.62. The van der Waals surface area contributed by atoms with Gasteiger partial charge >= 0.3 is 0 Å². The number of carbonyl (C=O) groups excluding carboxylic acids is 1. The van der Waals surface area contributed by atoms with Crippen LogP contribution in [-0.4, -0.2) is 38.8 Å². The van der Waals surface area contributed by atoms with Gasteiger partial charge in [-0.1, -0.05) is 50.1 Å². The van der Waals surface area contributed by atoms with Crippen molar-refractivity contribution in [1.82, 2.24) is 9.62 Å². The Balaban J connectivity index is 1.89. The van der Waals surface area contributed by atoms with Gasteiger partial charge in [0.05, 0.1) is 4.90 Å². The zero-order valence-corrected chi connectivity index (χ0v) is 17.2. The van der Waals surface area contributed by atoms with E-state index in [4.69, 9.17) is 4.74 Å². The number of unbranched alkanes of at least 4 members (excludes halogenated alkanes) is 2. The molecule has 0 aliphatic carbocycles. The van der Waals surface area contributed by atoms with Crippen LogP contribution in [0.25, 0.3) is 0 Å². The number of hydrogen-bond acceptors (Lipinski definition) is 4. The molecule has 0 saturated carbocycles. The van der Waals surface area contributed by atoms with Crippen LogP contribution in [0.1, 0.15) is 31.7 Å². The van der Waals surface area contributed by atoms with E-state index in [1.807, 2.05) is 30.3 Å². The van der Waals surface area contributed by atoms with Crippen molar-refractivity contribution in [1.29, 1.82) is 0 Å². The van der Waals surface area contributed by atoms with Gasteiger partial charge in [0, 0.05) is 20.1 Å². The molecular weight excluding hydrogens is 376 g/mol. The zero-order chi connectivity index (χ0) is 20.4. The highest BCUT2D eigenvalue weighted by Gasteiger charge is 2.20. The Morgan fingerprint density at radius 1 is 1.04 bits per heavy atom. The van der Waals surface area contributed by atoms with Crippen molar-refractivity contribution < 1.29 is 17.9 Å². The van der Waals surface area contributed by atoms with Crippen molar-refractivity contribution in [2.24, 2.45) is 0 Å². The third-order valence-electron chi connectivity index (χ3n) is 4.25. The Bertz CT molecular complexity index is 836. The average Bonchev–Trinajstić information content (AvgIpc) is 2.70. The van der Waals surface area contributed by atoms with Gasteiger partial charge in [-0.25, -0.2) is 8.42 Å². The van der Waals surface area contributed by atoms with Crippen LogP contribution in [0.15, 0.2) is 59.5 Å². The van der Waals surface area contributed by atoms with E-state index in [-0.39, 0.29) is 17.4 Å². The Hall–Kier alpha value is -2.38. The average molecular weight is 405 g/mol. The summed E-state index contributed by atoms with van der Waals surface area (Å²) in [5, 5.41) is 2.79. The first-order valence-electron chi connectivity index (χ1n) is 9.43. The summed E-state index contributed by atoms with van der Waals surface area (Å²) in [6.45, 7) is 2.95. The lowest BCUT2D eigenvalue weighted by molar-refractivity contribution is -0.123. The van der Waals surface area contributed by atoms with Crippen molar-refractivity contribution in [3.05, 3.63) is 60.2 Å². The van der Waals surface area contributed by atoms with Crippen LogP contribution < -0.4 is 10.1 Å². The molecule has 0 aliphatic heterocycles. The second-order valence-corrected chi connectivity index (χ2v) is 8.61. The summed E-state index contributed by atoms with van der Waals surface area (Å²) in [5.74, 6) is 0.267. The Morgan fingerprint density at radius 2 is 1.71 bits per heavy atom. The highest BCUT2D eigenvalue weighted by Crippen LogP contribution is 2.20. The normalized spacial score (nSPS) is 11.4. The van der Waals surface area contributed by atoms with E-state index in [0.717, 1.165) is 24.8 Å². The van der Waals surface area contributed by atoms with Crippen LogP contribution >= 0.6 is 0 Å². The SMILES string of the molecule is CCCCCNC(=O)COc1ccc(S(=O)(=O)N(C)Cc2ccccc2)cc1. The maximum absolute atomic E-state index is 12.7. The summed E-state index contributed by atoms with van der Waals surface area (Å²) < 4.78 is 32.1. The summed E-state index contributed by atoms with van der Waals surface area (Å²) in [7, 11) is -2.05.